The number of carbonyl (C=O) groups excluding carboxylic acids is 2. The number of benzene rings is 3. The molecule has 0 fully saturated rings. The molecule has 174 valence electrons. The van der Waals surface area contributed by atoms with Gasteiger partial charge in [0.15, 0.2) is 5.78 Å². The van der Waals surface area contributed by atoms with Crippen LogP contribution in [0.5, 0.6) is 0 Å². The van der Waals surface area contributed by atoms with Crippen LogP contribution in [-0.2, 0) is 4.79 Å². The fourth-order valence-corrected chi connectivity index (χ4v) is 5.14. The van der Waals surface area contributed by atoms with Crippen LogP contribution < -0.4 is 10.6 Å². The minimum absolute atomic E-state index is 0.0502. The van der Waals surface area contributed by atoms with Crippen LogP contribution in [0.3, 0.4) is 0 Å². The van der Waals surface area contributed by atoms with Crippen molar-refractivity contribution >= 4 is 40.7 Å². The smallest absolute Gasteiger partial charge is 0.254 e. The number of nitrogens with one attached hydrogen (secondary N) is 2. The first-order valence-corrected chi connectivity index (χ1v) is 12.3. The van der Waals surface area contributed by atoms with Crippen LogP contribution in [0.4, 0.5) is 5.69 Å². The van der Waals surface area contributed by atoms with Gasteiger partial charge in [0.05, 0.1) is 28.3 Å². The zero-order valence-electron chi connectivity index (χ0n) is 18.9. The Balaban J connectivity index is 1.71. The van der Waals surface area contributed by atoms with Crippen molar-refractivity contribution < 1.29 is 9.59 Å². The van der Waals surface area contributed by atoms with E-state index >= 15 is 0 Å². The Morgan fingerprint density at radius 2 is 1.63 bits per heavy atom. The molecule has 0 saturated heterocycles. The molecule has 1 aliphatic rings. The van der Waals surface area contributed by atoms with Crippen LogP contribution >= 0.6 is 23.4 Å². The number of carbonyl (C=O) groups is 2. The maximum absolute atomic E-state index is 13.4. The fourth-order valence-electron chi connectivity index (χ4n) is 3.91. The van der Waals surface area contributed by atoms with E-state index in [9.17, 15) is 14.9 Å². The third kappa shape index (κ3) is 5.48. The second-order valence-electron chi connectivity index (χ2n) is 7.87. The van der Waals surface area contributed by atoms with E-state index in [-0.39, 0.29) is 17.4 Å². The van der Waals surface area contributed by atoms with Gasteiger partial charge in [-0.1, -0.05) is 90.1 Å². The predicted octanol–water partition coefficient (Wildman–Crippen LogP) is 6.29. The molecule has 0 aromatic heterocycles. The van der Waals surface area contributed by atoms with Gasteiger partial charge >= 0.3 is 0 Å². The van der Waals surface area contributed by atoms with Gasteiger partial charge in [0.25, 0.3) is 5.91 Å². The highest BCUT2D eigenvalue weighted by molar-refractivity contribution is 8.03. The van der Waals surface area contributed by atoms with Crippen LogP contribution in [0.2, 0.25) is 5.02 Å². The van der Waals surface area contributed by atoms with E-state index in [1.165, 1.54) is 11.8 Å². The van der Waals surface area contributed by atoms with Crippen molar-refractivity contribution in [2.75, 3.05) is 11.1 Å². The van der Waals surface area contributed by atoms with Crippen molar-refractivity contribution in [3.8, 4) is 6.07 Å². The molecule has 4 rings (SSSR count). The zero-order chi connectivity index (χ0) is 24.8. The van der Waals surface area contributed by atoms with E-state index in [0.717, 1.165) is 0 Å². The Morgan fingerprint density at radius 1 is 1.00 bits per heavy atom. The summed E-state index contributed by atoms with van der Waals surface area (Å²) in [5, 5.41) is 17.3. The van der Waals surface area contributed by atoms with Gasteiger partial charge < -0.3 is 10.6 Å². The highest BCUT2D eigenvalue weighted by Gasteiger charge is 2.35. The lowest BCUT2D eigenvalue weighted by Gasteiger charge is -2.30. The molecule has 0 aliphatic carbocycles. The van der Waals surface area contributed by atoms with Crippen LogP contribution in [0.1, 0.15) is 28.8 Å². The number of Topliss-reactive ketones (excluding diaryl/α,β-unsaturated/α-hetero) is 1. The fraction of sp³-hybridized carbons (Fsp3) is 0.107. The monoisotopic (exact) mass is 499 g/mol. The number of nitriles is 1. The second-order valence-corrected chi connectivity index (χ2v) is 9.26. The number of halogens is 1. The summed E-state index contributed by atoms with van der Waals surface area (Å²) in [7, 11) is 0. The summed E-state index contributed by atoms with van der Waals surface area (Å²) in [6.45, 7) is 1.79. The van der Waals surface area contributed by atoms with E-state index in [4.69, 9.17) is 11.6 Å². The van der Waals surface area contributed by atoms with Crippen molar-refractivity contribution in [2.24, 2.45) is 0 Å². The highest BCUT2D eigenvalue weighted by atomic mass is 35.5. The van der Waals surface area contributed by atoms with Crippen molar-refractivity contribution in [3.05, 3.63) is 123 Å². The van der Waals surface area contributed by atoms with Crippen LogP contribution in [0.25, 0.3) is 0 Å². The number of nitrogens with zero attached hydrogens (tertiary/aromatic N) is 1. The Morgan fingerprint density at radius 3 is 2.29 bits per heavy atom. The van der Waals surface area contributed by atoms with Gasteiger partial charge in [-0.3, -0.25) is 9.59 Å². The molecule has 1 atom stereocenters. The van der Waals surface area contributed by atoms with Gasteiger partial charge in [-0.25, -0.2) is 0 Å². The minimum Gasteiger partial charge on any atom is -0.353 e. The molecule has 35 heavy (non-hydrogen) atoms. The number of para-hydroxylation sites is 1. The van der Waals surface area contributed by atoms with Crippen LogP contribution in [-0.4, -0.2) is 17.4 Å². The molecule has 0 bridgehead atoms. The summed E-state index contributed by atoms with van der Waals surface area (Å²) in [6.07, 6.45) is 0. The largest absolute Gasteiger partial charge is 0.353 e. The Labute approximate surface area is 213 Å². The molecule has 1 aliphatic heterocycles. The number of hydrogen-bond donors (Lipinski definition) is 2. The van der Waals surface area contributed by atoms with Gasteiger partial charge in [-0.15, -0.1) is 0 Å². The van der Waals surface area contributed by atoms with E-state index in [0.29, 0.717) is 43.7 Å². The molecule has 5 nitrogen and oxygen atoms in total. The average Bonchev–Trinajstić information content (AvgIpc) is 2.88. The predicted molar refractivity (Wildman–Crippen MR) is 141 cm³/mol. The van der Waals surface area contributed by atoms with Crippen molar-refractivity contribution in [2.45, 2.75) is 12.8 Å². The summed E-state index contributed by atoms with van der Waals surface area (Å²) in [5.41, 5.74) is 3.24. The number of thioether (sulfide) groups is 1. The number of dihydropyridines is 1. The number of ketones is 1. The first-order valence-electron chi connectivity index (χ1n) is 10.9. The molecule has 3 aromatic carbocycles. The highest BCUT2D eigenvalue weighted by Crippen LogP contribution is 2.43. The lowest BCUT2D eigenvalue weighted by atomic mass is 9.82. The number of allylic oxidation sites excluding steroid dienone is 2. The van der Waals surface area contributed by atoms with E-state index in [1.807, 2.05) is 48.5 Å². The summed E-state index contributed by atoms with van der Waals surface area (Å²) < 4.78 is 0. The molecule has 3 aromatic rings. The maximum Gasteiger partial charge on any atom is 0.254 e. The molecule has 0 spiro atoms. The summed E-state index contributed by atoms with van der Waals surface area (Å²) >= 11 is 7.79. The molecule has 1 heterocycles. The molecule has 0 saturated carbocycles. The molecule has 0 radical (unpaired) electrons. The lowest BCUT2D eigenvalue weighted by Crippen LogP contribution is -2.31. The summed E-state index contributed by atoms with van der Waals surface area (Å²) in [5.74, 6) is -0.923. The standard InChI is InChI=1S/C28H22ClN3O2S/c1-18-25(27(34)32-20-12-6-3-7-13-20)26(21-14-8-9-15-23(21)29)22(16-30)28(31-18)35-17-24(33)19-10-4-2-5-11-19/h2-15,26,31H,17H2,1H3,(H,32,34)/t26-/m1/s1. The third-order valence-electron chi connectivity index (χ3n) is 5.58. The van der Waals surface area contributed by atoms with E-state index in [1.54, 1.807) is 43.3 Å². The Bertz CT molecular complexity index is 1360. The molecular formula is C28H22ClN3O2S. The van der Waals surface area contributed by atoms with Gasteiger partial charge in [-0.2, -0.15) is 5.26 Å². The average molecular weight is 500 g/mol. The lowest BCUT2D eigenvalue weighted by molar-refractivity contribution is -0.113. The van der Waals surface area contributed by atoms with Gasteiger partial charge in [0.1, 0.15) is 0 Å². The first kappa shape index (κ1) is 24.3. The summed E-state index contributed by atoms with van der Waals surface area (Å²) in [4.78, 5) is 26.1. The Hall–Kier alpha value is -3.79. The van der Waals surface area contributed by atoms with Gasteiger partial charge in [0, 0.05) is 27.5 Å². The van der Waals surface area contributed by atoms with Crippen LogP contribution in [0.15, 0.2) is 107 Å². The molecule has 2 N–H and O–H groups in total. The van der Waals surface area contributed by atoms with E-state index in [2.05, 4.69) is 16.7 Å². The quantitative estimate of drug-likeness (QED) is 0.373. The van der Waals surface area contributed by atoms with E-state index < -0.39 is 5.92 Å². The zero-order valence-corrected chi connectivity index (χ0v) is 20.5. The van der Waals surface area contributed by atoms with Crippen molar-refractivity contribution in [1.29, 1.82) is 5.26 Å². The number of amides is 1. The number of hydrogen-bond acceptors (Lipinski definition) is 5. The SMILES string of the molecule is CC1=C(C(=O)Nc2ccccc2)[C@H](c2ccccc2Cl)C(C#N)=C(SCC(=O)c2ccccc2)N1. The maximum atomic E-state index is 13.4. The Kier molecular flexibility index (Phi) is 7.71. The van der Waals surface area contributed by atoms with Gasteiger partial charge in [-0.05, 0) is 30.7 Å². The first-order chi connectivity index (χ1) is 17.0. The van der Waals surface area contributed by atoms with Gasteiger partial charge in [0.2, 0.25) is 0 Å². The minimum atomic E-state index is -0.687. The molecule has 7 heteroatoms. The molecule has 0 unspecified atom stereocenters. The molecule has 1 amide bonds. The third-order valence-corrected chi connectivity index (χ3v) is 6.94. The van der Waals surface area contributed by atoms with Crippen LogP contribution in [0, 0.1) is 11.3 Å². The number of anilines is 1. The topological polar surface area (TPSA) is 82.0 Å². The normalized spacial score (nSPS) is 15.3. The van der Waals surface area contributed by atoms with Crippen molar-refractivity contribution in [3.63, 3.8) is 0 Å². The molecular weight excluding hydrogens is 478 g/mol. The summed E-state index contributed by atoms with van der Waals surface area (Å²) in [6, 6.07) is 27.6. The second kappa shape index (κ2) is 11.1. The van der Waals surface area contributed by atoms with Crippen molar-refractivity contribution in [1.82, 2.24) is 5.32 Å². The number of rotatable bonds is 7.